The van der Waals surface area contributed by atoms with E-state index in [1.807, 2.05) is 45.1 Å². The first-order valence-electron chi connectivity index (χ1n) is 8.91. The molecule has 1 unspecified atom stereocenters. The zero-order valence-corrected chi connectivity index (χ0v) is 15.1. The summed E-state index contributed by atoms with van der Waals surface area (Å²) in [7, 11) is 0. The summed E-state index contributed by atoms with van der Waals surface area (Å²) in [5.41, 5.74) is 0. The van der Waals surface area contributed by atoms with Gasteiger partial charge >= 0.3 is 0 Å². The predicted octanol–water partition coefficient (Wildman–Crippen LogP) is 7.19. The number of hydrogen-bond donors (Lipinski definition) is 0. The Morgan fingerprint density at radius 3 is 2.00 bits per heavy atom. The molecule has 0 heterocycles. The lowest BCUT2D eigenvalue weighted by Crippen LogP contribution is -2.31. The van der Waals surface area contributed by atoms with E-state index in [0.717, 1.165) is 23.7 Å². The molecule has 0 aromatic rings. The molecule has 0 saturated heterocycles. The van der Waals surface area contributed by atoms with Gasteiger partial charge in [0, 0.05) is 0 Å². The van der Waals surface area contributed by atoms with Gasteiger partial charge in [0.2, 0.25) is 0 Å². The van der Waals surface area contributed by atoms with Crippen molar-refractivity contribution in [2.24, 2.45) is 23.7 Å². The van der Waals surface area contributed by atoms with Gasteiger partial charge in [-0.05, 0) is 57.3 Å². The standard InChI is InChI=1S/C12H22.C5H8.C4H8/c1-9-6-7-12-10(2)4-3-5-11(12)8-9;1-3-5-4-2;1-3-4-2/h9-12H,3-8H2,1-2H3;3-5H,1H2,2H3;3-4H,1-2H3/b;5-4+;4-3-/t9?,10-,11+,12+;;/m0../s1. The second kappa shape index (κ2) is 12.9. The van der Waals surface area contributed by atoms with Crippen molar-refractivity contribution in [2.45, 2.75) is 73.1 Å². The number of allylic oxidation sites excluding steroid dienone is 5. The summed E-state index contributed by atoms with van der Waals surface area (Å²) in [4.78, 5) is 0. The van der Waals surface area contributed by atoms with E-state index in [1.54, 1.807) is 12.5 Å². The summed E-state index contributed by atoms with van der Waals surface area (Å²) < 4.78 is 0. The molecule has 2 rings (SSSR count). The fourth-order valence-corrected chi connectivity index (χ4v) is 3.66. The molecule has 0 aliphatic heterocycles. The third kappa shape index (κ3) is 8.96. The van der Waals surface area contributed by atoms with E-state index in [0.29, 0.717) is 0 Å². The first kappa shape index (κ1) is 20.2. The SMILES string of the molecule is C/C=C\C.C=C/C=C/C.CC1CC[C@H]2[C@H](CCC[C@@H]2C)C1. The van der Waals surface area contributed by atoms with Crippen LogP contribution in [-0.4, -0.2) is 0 Å². The highest BCUT2D eigenvalue weighted by Gasteiger charge is 2.34. The quantitative estimate of drug-likeness (QED) is 0.354. The largest absolute Gasteiger partial charge is 0.0991 e. The maximum absolute atomic E-state index is 3.46. The van der Waals surface area contributed by atoms with Crippen molar-refractivity contribution in [2.75, 3.05) is 0 Å². The van der Waals surface area contributed by atoms with E-state index in [2.05, 4.69) is 20.4 Å². The van der Waals surface area contributed by atoms with Gasteiger partial charge in [0.25, 0.3) is 0 Å². The topological polar surface area (TPSA) is 0 Å². The molecule has 2 aliphatic carbocycles. The van der Waals surface area contributed by atoms with E-state index >= 15 is 0 Å². The summed E-state index contributed by atoms with van der Waals surface area (Å²) in [6, 6.07) is 0. The molecule has 0 nitrogen and oxygen atoms in total. The van der Waals surface area contributed by atoms with Crippen LogP contribution in [0.15, 0.2) is 37.0 Å². The summed E-state index contributed by atoms with van der Waals surface area (Å²) in [6.45, 7) is 14.3. The van der Waals surface area contributed by atoms with Gasteiger partial charge in [0.15, 0.2) is 0 Å². The molecule has 4 atom stereocenters. The van der Waals surface area contributed by atoms with Crippen LogP contribution in [0.3, 0.4) is 0 Å². The average Bonchev–Trinajstić information content (AvgIpc) is 2.49. The smallest absolute Gasteiger partial charge is 0.0360 e. The van der Waals surface area contributed by atoms with Crippen LogP contribution in [0.5, 0.6) is 0 Å². The lowest BCUT2D eigenvalue weighted by molar-refractivity contribution is 0.0892. The minimum atomic E-state index is 1.02. The maximum Gasteiger partial charge on any atom is -0.0360 e. The van der Waals surface area contributed by atoms with Gasteiger partial charge in [0.1, 0.15) is 0 Å². The fraction of sp³-hybridized carbons (Fsp3) is 0.714. The molecule has 2 fully saturated rings. The Morgan fingerprint density at radius 1 is 0.857 bits per heavy atom. The Hall–Kier alpha value is -0.780. The summed E-state index contributed by atoms with van der Waals surface area (Å²) >= 11 is 0. The molecular weight excluding hydrogens is 252 g/mol. The van der Waals surface area contributed by atoms with Crippen LogP contribution in [0.4, 0.5) is 0 Å². The molecule has 0 spiro atoms. The van der Waals surface area contributed by atoms with Crippen molar-refractivity contribution in [1.82, 2.24) is 0 Å². The van der Waals surface area contributed by atoms with Crippen molar-refractivity contribution in [3.63, 3.8) is 0 Å². The van der Waals surface area contributed by atoms with Gasteiger partial charge in [-0.3, -0.25) is 0 Å². The predicted molar refractivity (Wildman–Crippen MR) is 98.5 cm³/mol. The van der Waals surface area contributed by atoms with Crippen LogP contribution in [0.2, 0.25) is 0 Å². The van der Waals surface area contributed by atoms with Crippen molar-refractivity contribution in [1.29, 1.82) is 0 Å². The highest BCUT2D eigenvalue weighted by molar-refractivity contribution is 4.94. The minimum Gasteiger partial charge on any atom is -0.0991 e. The van der Waals surface area contributed by atoms with Crippen LogP contribution in [0, 0.1) is 23.7 Å². The molecule has 0 amide bonds. The van der Waals surface area contributed by atoms with Gasteiger partial charge < -0.3 is 0 Å². The van der Waals surface area contributed by atoms with E-state index in [9.17, 15) is 0 Å². The van der Waals surface area contributed by atoms with Crippen molar-refractivity contribution in [3.05, 3.63) is 37.0 Å². The van der Waals surface area contributed by atoms with Crippen LogP contribution in [0.25, 0.3) is 0 Å². The van der Waals surface area contributed by atoms with E-state index in [4.69, 9.17) is 0 Å². The van der Waals surface area contributed by atoms with Crippen LogP contribution >= 0.6 is 0 Å². The Balaban J connectivity index is 0.000000374. The Kier molecular flexibility index (Phi) is 12.4. The van der Waals surface area contributed by atoms with Crippen molar-refractivity contribution < 1.29 is 0 Å². The summed E-state index contributed by atoms with van der Waals surface area (Å²) in [5.74, 6) is 4.28. The average molecular weight is 291 g/mol. The monoisotopic (exact) mass is 290 g/mol. The molecule has 0 aromatic carbocycles. The lowest BCUT2D eigenvalue weighted by Gasteiger charge is -2.42. The molecule has 21 heavy (non-hydrogen) atoms. The molecule has 0 N–H and O–H groups in total. The van der Waals surface area contributed by atoms with Crippen molar-refractivity contribution >= 4 is 0 Å². The highest BCUT2D eigenvalue weighted by Crippen LogP contribution is 2.45. The van der Waals surface area contributed by atoms with Gasteiger partial charge in [-0.25, -0.2) is 0 Å². The van der Waals surface area contributed by atoms with Crippen LogP contribution < -0.4 is 0 Å². The van der Waals surface area contributed by atoms with Crippen molar-refractivity contribution in [3.8, 4) is 0 Å². The number of fused-ring (bicyclic) bond motifs is 1. The first-order chi connectivity index (χ1) is 10.1. The Labute approximate surface area is 134 Å². The van der Waals surface area contributed by atoms with Crippen LogP contribution in [0.1, 0.15) is 73.1 Å². The second-order valence-corrected chi connectivity index (χ2v) is 6.68. The maximum atomic E-state index is 3.46. The van der Waals surface area contributed by atoms with E-state index in [-0.39, 0.29) is 0 Å². The molecule has 122 valence electrons. The van der Waals surface area contributed by atoms with Crippen LogP contribution in [-0.2, 0) is 0 Å². The van der Waals surface area contributed by atoms with Gasteiger partial charge in [-0.1, -0.05) is 76.5 Å². The normalized spacial score (nSPS) is 31.7. The lowest BCUT2D eigenvalue weighted by atomic mass is 9.64. The zero-order chi connectivity index (χ0) is 16.1. The van der Waals surface area contributed by atoms with Gasteiger partial charge in [-0.2, -0.15) is 0 Å². The zero-order valence-electron chi connectivity index (χ0n) is 15.1. The number of rotatable bonds is 1. The number of hydrogen-bond acceptors (Lipinski definition) is 0. The molecule has 0 heteroatoms. The Morgan fingerprint density at radius 2 is 1.52 bits per heavy atom. The molecular formula is C21H38. The third-order valence-corrected chi connectivity index (χ3v) is 4.93. The minimum absolute atomic E-state index is 1.02. The van der Waals surface area contributed by atoms with Gasteiger partial charge in [-0.15, -0.1) is 0 Å². The summed E-state index contributed by atoms with van der Waals surface area (Å²) in [5, 5.41) is 0. The summed E-state index contributed by atoms with van der Waals surface area (Å²) in [6.07, 6.45) is 18.7. The molecule has 0 bridgehead atoms. The molecule has 2 saturated carbocycles. The molecule has 0 radical (unpaired) electrons. The molecule has 2 aliphatic rings. The van der Waals surface area contributed by atoms with Gasteiger partial charge in [0.05, 0.1) is 0 Å². The van der Waals surface area contributed by atoms with E-state index in [1.165, 1.54) is 32.1 Å². The first-order valence-corrected chi connectivity index (χ1v) is 8.91. The second-order valence-electron chi connectivity index (χ2n) is 6.68. The Bertz CT molecular complexity index is 293. The highest BCUT2D eigenvalue weighted by atomic mass is 14.4. The third-order valence-electron chi connectivity index (χ3n) is 4.93. The molecule has 0 aromatic heterocycles. The fourth-order valence-electron chi connectivity index (χ4n) is 3.66. The van der Waals surface area contributed by atoms with E-state index < -0.39 is 0 Å².